The molecule has 1 nitrogen and oxygen atoms in total. The molecule has 0 fully saturated rings. The van der Waals surface area contributed by atoms with Crippen LogP contribution < -0.4 is 4.74 Å². The molecule has 1 aromatic carbocycles. The Bertz CT molecular complexity index is 333. The predicted molar refractivity (Wildman–Crippen MR) is 83.8 cm³/mol. The number of halogens is 2. The molecule has 0 radical (unpaired) electrons. The van der Waals surface area contributed by atoms with Crippen LogP contribution in [0.1, 0.15) is 26.2 Å². The highest BCUT2D eigenvalue weighted by atomic mass is 79.9. The fourth-order valence-corrected chi connectivity index (χ4v) is 3.01. The van der Waals surface area contributed by atoms with Gasteiger partial charge in [0, 0.05) is 16.1 Å². The van der Waals surface area contributed by atoms with Crippen molar-refractivity contribution in [1.29, 1.82) is 0 Å². The highest BCUT2D eigenvalue weighted by Gasteiger charge is 2.18. The molecular weight excluding hydrogens is 364 g/mol. The number of rotatable bonds is 7. The first-order chi connectivity index (χ1) is 8.19. The van der Waals surface area contributed by atoms with E-state index in [4.69, 9.17) is 4.74 Å². The third kappa shape index (κ3) is 5.23. The highest BCUT2D eigenvalue weighted by molar-refractivity contribution is 9.09. The van der Waals surface area contributed by atoms with E-state index in [9.17, 15) is 0 Å². The normalized spacial score (nSPS) is 14.4. The fraction of sp³-hybridized carbons (Fsp3) is 0.538. The number of hydrogen-bond donors (Lipinski definition) is 1. The predicted octanol–water partition coefficient (Wildman–Crippen LogP) is 5.28. The Hall–Kier alpha value is 0.330. The topological polar surface area (TPSA) is 9.23 Å². The first kappa shape index (κ1) is 15.4. The van der Waals surface area contributed by atoms with E-state index >= 15 is 0 Å². The summed E-state index contributed by atoms with van der Waals surface area (Å²) >= 11 is 11.5. The van der Waals surface area contributed by atoms with Crippen molar-refractivity contribution in [2.75, 3.05) is 5.33 Å². The summed E-state index contributed by atoms with van der Waals surface area (Å²) in [6, 6.07) is 7.82. The van der Waals surface area contributed by atoms with Gasteiger partial charge in [0.1, 0.15) is 5.75 Å². The lowest BCUT2D eigenvalue weighted by atomic mass is 10.0. The van der Waals surface area contributed by atoms with Crippen LogP contribution >= 0.6 is 44.5 Å². The van der Waals surface area contributed by atoms with Gasteiger partial charge in [0.25, 0.3) is 0 Å². The Morgan fingerprint density at radius 1 is 1.35 bits per heavy atom. The van der Waals surface area contributed by atoms with Gasteiger partial charge in [-0.2, -0.15) is 0 Å². The summed E-state index contributed by atoms with van der Waals surface area (Å²) < 4.78 is 5.92. The second-order valence-corrected chi connectivity index (χ2v) is 6.11. The van der Waals surface area contributed by atoms with Crippen molar-refractivity contribution in [3.8, 4) is 5.75 Å². The molecule has 0 aliphatic rings. The smallest absolute Gasteiger partial charge is 0.156 e. The number of thiol groups is 1. The summed E-state index contributed by atoms with van der Waals surface area (Å²) in [5.41, 5.74) is 0. The summed E-state index contributed by atoms with van der Waals surface area (Å²) in [4.78, 5) is 0.882. The third-order valence-electron chi connectivity index (χ3n) is 2.71. The van der Waals surface area contributed by atoms with Crippen LogP contribution in [0.25, 0.3) is 0 Å². The van der Waals surface area contributed by atoms with Crippen LogP contribution in [0, 0.1) is 5.92 Å². The Labute approximate surface area is 126 Å². The van der Waals surface area contributed by atoms with E-state index in [1.807, 2.05) is 24.3 Å². The zero-order valence-corrected chi connectivity index (χ0v) is 14.0. The Morgan fingerprint density at radius 2 is 2.06 bits per heavy atom. The van der Waals surface area contributed by atoms with E-state index in [1.165, 1.54) is 6.42 Å². The standard InChI is InChI=1S/C13H18Br2OS/c1-2-10(6-5-9-14)13(15)16-11-7-3-4-8-12(11)17/h3-4,7-8,10,13,17H,2,5-6,9H2,1H3. The Morgan fingerprint density at radius 3 is 2.65 bits per heavy atom. The average molecular weight is 382 g/mol. The van der Waals surface area contributed by atoms with Crippen LogP contribution in [0.5, 0.6) is 5.75 Å². The molecule has 1 rings (SSSR count). The maximum atomic E-state index is 5.92. The molecule has 0 amide bonds. The summed E-state index contributed by atoms with van der Waals surface area (Å²) in [7, 11) is 0. The van der Waals surface area contributed by atoms with Gasteiger partial charge in [-0.05, 0) is 47.3 Å². The minimum Gasteiger partial charge on any atom is -0.478 e. The third-order valence-corrected chi connectivity index (χ3v) is 4.57. The van der Waals surface area contributed by atoms with Gasteiger partial charge in [-0.15, -0.1) is 12.6 Å². The van der Waals surface area contributed by atoms with Gasteiger partial charge < -0.3 is 4.74 Å². The molecule has 0 spiro atoms. The van der Waals surface area contributed by atoms with Crippen molar-refractivity contribution in [2.45, 2.75) is 36.1 Å². The molecule has 0 N–H and O–H groups in total. The second kappa shape index (κ2) is 8.44. The zero-order chi connectivity index (χ0) is 12.7. The number of benzene rings is 1. The van der Waals surface area contributed by atoms with Crippen molar-refractivity contribution in [3.05, 3.63) is 24.3 Å². The fourth-order valence-electron chi connectivity index (χ4n) is 1.63. The Balaban J connectivity index is 2.57. The maximum absolute atomic E-state index is 5.92. The van der Waals surface area contributed by atoms with Gasteiger partial charge in [-0.1, -0.05) is 35.0 Å². The molecule has 17 heavy (non-hydrogen) atoms. The van der Waals surface area contributed by atoms with Crippen LogP contribution in [-0.2, 0) is 0 Å². The maximum Gasteiger partial charge on any atom is 0.156 e. The molecule has 0 aliphatic carbocycles. The van der Waals surface area contributed by atoms with Gasteiger partial charge in [0.15, 0.2) is 5.01 Å². The molecule has 1 aromatic rings. The lowest BCUT2D eigenvalue weighted by molar-refractivity contribution is 0.205. The molecule has 0 heterocycles. The molecule has 2 unspecified atom stereocenters. The molecule has 0 bridgehead atoms. The molecular formula is C13H18Br2OS. The largest absolute Gasteiger partial charge is 0.478 e. The molecule has 4 heteroatoms. The summed E-state index contributed by atoms with van der Waals surface area (Å²) in [6.45, 7) is 2.20. The van der Waals surface area contributed by atoms with Crippen molar-refractivity contribution in [2.24, 2.45) is 5.92 Å². The quantitative estimate of drug-likeness (QED) is 0.499. The van der Waals surface area contributed by atoms with E-state index < -0.39 is 0 Å². The van der Waals surface area contributed by atoms with Crippen molar-refractivity contribution in [1.82, 2.24) is 0 Å². The van der Waals surface area contributed by atoms with E-state index in [0.29, 0.717) is 5.92 Å². The van der Waals surface area contributed by atoms with Crippen molar-refractivity contribution >= 4 is 44.5 Å². The minimum atomic E-state index is 0.0554. The second-order valence-electron chi connectivity index (χ2n) is 3.94. The van der Waals surface area contributed by atoms with E-state index in [2.05, 4.69) is 51.4 Å². The molecule has 0 aliphatic heterocycles. The molecule has 96 valence electrons. The van der Waals surface area contributed by atoms with Crippen LogP contribution in [0.3, 0.4) is 0 Å². The molecule has 0 saturated heterocycles. The first-order valence-electron chi connectivity index (χ1n) is 5.83. The highest BCUT2D eigenvalue weighted by Crippen LogP contribution is 2.29. The SMILES string of the molecule is CCC(CCCBr)C(Br)Oc1ccccc1S. The van der Waals surface area contributed by atoms with E-state index in [1.54, 1.807) is 0 Å². The summed E-state index contributed by atoms with van der Waals surface area (Å²) in [6.07, 6.45) is 3.44. The average Bonchev–Trinajstić information content (AvgIpc) is 2.33. The van der Waals surface area contributed by atoms with Crippen LogP contribution in [0.15, 0.2) is 29.2 Å². The Kier molecular flexibility index (Phi) is 7.64. The van der Waals surface area contributed by atoms with Gasteiger partial charge in [-0.3, -0.25) is 0 Å². The number of para-hydroxylation sites is 1. The van der Waals surface area contributed by atoms with Crippen molar-refractivity contribution < 1.29 is 4.74 Å². The van der Waals surface area contributed by atoms with Crippen LogP contribution in [-0.4, -0.2) is 10.3 Å². The summed E-state index contributed by atoms with van der Waals surface area (Å²) in [5.74, 6) is 1.37. The number of alkyl halides is 2. The van der Waals surface area contributed by atoms with Gasteiger partial charge in [-0.25, -0.2) is 0 Å². The van der Waals surface area contributed by atoms with Gasteiger partial charge >= 0.3 is 0 Å². The number of hydrogen-bond acceptors (Lipinski definition) is 2. The van der Waals surface area contributed by atoms with Crippen LogP contribution in [0.4, 0.5) is 0 Å². The number of ether oxygens (including phenoxy) is 1. The van der Waals surface area contributed by atoms with Crippen LogP contribution in [0.2, 0.25) is 0 Å². The van der Waals surface area contributed by atoms with Crippen molar-refractivity contribution in [3.63, 3.8) is 0 Å². The monoisotopic (exact) mass is 380 g/mol. The molecule has 0 aromatic heterocycles. The first-order valence-corrected chi connectivity index (χ1v) is 8.32. The lowest BCUT2D eigenvalue weighted by Gasteiger charge is -2.22. The van der Waals surface area contributed by atoms with E-state index in [0.717, 1.165) is 28.8 Å². The van der Waals surface area contributed by atoms with E-state index in [-0.39, 0.29) is 5.01 Å². The zero-order valence-electron chi connectivity index (χ0n) is 9.90. The molecule has 0 saturated carbocycles. The minimum absolute atomic E-state index is 0.0554. The van der Waals surface area contributed by atoms with Gasteiger partial charge in [0.2, 0.25) is 0 Å². The van der Waals surface area contributed by atoms with Gasteiger partial charge in [0.05, 0.1) is 0 Å². The lowest BCUT2D eigenvalue weighted by Crippen LogP contribution is -2.20. The molecule has 2 atom stereocenters. The summed E-state index contributed by atoms with van der Waals surface area (Å²) in [5, 5.41) is 1.10.